The topological polar surface area (TPSA) is 70.1 Å². The summed E-state index contributed by atoms with van der Waals surface area (Å²) >= 11 is 0.677. The molecule has 2 aromatic carbocycles. The number of carbonyl (C=O) groups is 2. The summed E-state index contributed by atoms with van der Waals surface area (Å²) in [4.78, 5) is 26.6. The molecular formula is C26H25F3N2O4S. The minimum atomic E-state index is -4.46. The summed E-state index contributed by atoms with van der Waals surface area (Å²) < 4.78 is 46.7. The van der Waals surface area contributed by atoms with Crippen LogP contribution in [-0.2, 0) is 28.8 Å². The molecule has 0 bridgehead atoms. The number of aliphatic carboxylic acids is 1. The Morgan fingerprint density at radius 2 is 1.89 bits per heavy atom. The fourth-order valence-electron chi connectivity index (χ4n) is 4.12. The van der Waals surface area contributed by atoms with Crippen molar-refractivity contribution >= 4 is 28.9 Å². The number of carboxylic acids is 1. The van der Waals surface area contributed by atoms with Crippen LogP contribution in [0.1, 0.15) is 21.7 Å². The van der Waals surface area contributed by atoms with E-state index in [0.29, 0.717) is 40.5 Å². The van der Waals surface area contributed by atoms with E-state index in [1.54, 1.807) is 59.3 Å². The van der Waals surface area contributed by atoms with Gasteiger partial charge < -0.3 is 14.7 Å². The quantitative estimate of drug-likeness (QED) is 0.416. The third-order valence-corrected chi connectivity index (χ3v) is 7.02. The summed E-state index contributed by atoms with van der Waals surface area (Å²) in [6, 6.07) is 15.3. The summed E-state index contributed by atoms with van der Waals surface area (Å²) in [5.41, 5.74) is 2.33. The molecule has 6 nitrogen and oxygen atoms in total. The summed E-state index contributed by atoms with van der Waals surface area (Å²) in [6.07, 6.45) is -3.87. The molecule has 0 spiro atoms. The highest BCUT2D eigenvalue weighted by atomic mass is 32.1. The number of rotatable bonds is 9. The van der Waals surface area contributed by atoms with Crippen LogP contribution in [0, 0.1) is 0 Å². The van der Waals surface area contributed by atoms with Gasteiger partial charge in [-0.2, -0.15) is 13.2 Å². The smallest absolute Gasteiger partial charge is 0.426 e. The van der Waals surface area contributed by atoms with E-state index in [0.717, 1.165) is 11.3 Å². The van der Waals surface area contributed by atoms with Crippen LogP contribution < -0.4 is 9.64 Å². The average molecular weight is 519 g/mol. The van der Waals surface area contributed by atoms with Gasteiger partial charge in [-0.3, -0.25) is 14.5 Å². The molecule has 0 saturated carbocycles. The van der Waals surface area contributed by atoms with E-state index in [-0.39, 0.29) is 37.6 Å². The molecule has 10 heteroatoms. The van der Waals surface area contributed by atoms with Crippen LogP contribution >= 0.6 is 11.3 Å². The second kappa shape index (κ2) is 10.7. The molecule has 1 aromatic heterocycles. The highest BCUT2D eigenvalue weighted by Crippen LogP contribution is 2.43. The summed E-state index contributed by atoms with van der Waals surface area (Å²) in [5, 5.41) is 8.80. The van der Waals surface area contributed by atoms with Crippen LogP contribution in [0.2, 0.25) is 0 Å². The molecule has 190 valence electrons. The number of likely N-dealkylation sites (N-methyl/N-ethyl adjacent to an activating group) is 1. The first-order valence-corrected chi connectivity index (χ1v) is 12.1. The minimum absolute atomic E-state index is 0.00359. The van der Waals surface area contributed by atoms with E-state index < -0.39 is 17.0 Å². The first-order valence-electron chi connectivity index (χ1n) is 11.3. The summed E-state index contributed by atoms with van der Waals surface area (Å²) in [5.74, 6) is -0.520. The van der Waals surface area contributed by atoms with E-state index in [1.165, 1.54) is 6.07 Å². The normalized spacial score (nSPS) is 13.2. The third kappa shape index (κ3) is 6.06. The van der Waals surface area contributed by atoms with Gasteiger partial charge in [-0.05, 0) is 48.9 Å². The van der Waals surface area contributed by atoms with Gasteiger partial charge in [-0.15, -0.1) is 11.3 Å². The SMILES string of the molecule is CN(CCC(=O)O)CC(=O)N1CCc2cc(OCc3cc(-c4ccccc4)c(C(F)(F)F)s3)ccc21. The minimum Gasteiger partial charge on any atom is -0.488 e. The van der Waals surface area contributed by atoms with Gasteiger partial charge in [0.2, 0.25) is 5.91 Å². The van der Waals surface area contributed by atoms with Crippen molar-refractivity contribution in [1.29, 1.82) is 0 Å². The predicted molar refractivity (Wildman–Crippen MR) is 131 cm³/mol. The van der Waals surface area contributed by atoms with Crippen LogP contribution in [-0.4, -0.2) is 48.6 Å². The molecule has 4 rings (SSSR count). The molecule has 1 N–H and O–H groups in total. The second-order valence-electron chi connectivity index (χ2n) is 8.58. The van der Waals surface area contributed by atoms with Crippen LogP contribution in [0.25, 0.3) is 11.1 Å². The van der Waals surface area contributed by atoms with Gasteiger partial charge >= 0.3 is 12.1 Å². The Hall–Kier alpha value is -3.37. The Morgan fingerprint density at radius 1 is 1.14 bits per heavy atom. The molecule has 3 aromatic rings. The number of ether oxygens (including phenoxy) is 1. The number of fused-ring (bicyclic) bond motifs is 1. The molecule has 1 amide bonds. The Morgan fingerprint density at radius 3 is 2.58 bits per heavy atom. The van der Waals surface area contributed by atoms with Crippen LogP contribution in [0.15, 0.2) is 54.6 Å². The number of benzene rings is 2. The molecule has 0 radical (unpaired) electrons. The molecular weight excluding hydrogens is 493 g/mol. The second-order valence-corrected chi connectivity index (χ2v) is 9.71. The molecule has 0 fully saturated rings. The first kappa shape index (κ1) is 25.7. The molecule has 2 heterocycles. The van der Waals surface area contributed by atoms with Gasteiger partial charge in [-0.1, -0.05) is 30.3 Å². The van der Waals surface area contributed by atoms with Gasteiger partial charge in [0.1, 0.15) is 17.2 Å². The van der Waals surface area contributed by atoms with Crippen molar-refractivity contribution in [3.8, 4) is 16.9 Å². The monoisotopic (exact) mass is 518 g/mol. The zero-order chi connectivity index (χ0) is 25.9. The number of nitrogens with zero attached hydrogens (tertiary/aromatic N) is 2. The predicted octanol–water partition coefficient (Wildman–Crippen LogP) is 5.31. The Bertz CT molecular complexity index is 1240. The van der Waals surface area contributed by atoms with E-state index in [1.807, 2.05) is 6.07 Å². The highest BCUT2D eigenvalue weighted by molar-refractivity contribution is 7.12. The lowest BCUT2D eigenvalue weighted by molar-refractivity contribution is -0.137. The number of amides is 1. The molecule has 36 heavy (non-hydrogen) atoms. The number of hydrogen-bond acceptors (Lipinski definition) is 5. The van der Waals surface area contributed by atoms with E-state index in [2.05, 4.69) is 0 Å². The lowest BCUT2D eigenvalue weighted by Gasteiger charge is -2.21. The van der Waals surface area contributed by atoms with E-state index in [4.69, 9.17) is 9.84 Å². The Kier molecular flexibility index (Phi) is 7.65. The molecule has 0 atom stereocenters. The number of halogens is 3. The molecule has 0 unspecified atom stereocenters. The van der Waals surface area contributed by atoms with Gasteiger partial charge in [0.05, 0.1) is 13.0 Å². The maximum atomic E-state index is 13.6. The standard InChI is InChI=1S/C26H25F3N2O4S/c1-30(11-10-24(33)34)15-23(32)31-12-9-18-13-19(7-8-22(18)31)35-16-20-14-21(17-5-3-2-4-6-17)25(36-20)26(27,28)29/h2-8,13-14H,9-12,15-16H2,1H3,(H,33,34). The number of carboxylic acid groups (broad SMARTS) is 1. The Labute approximate surface area is 210 Å². The zero-order valence-electron chi connectivity index (χ0n) is 19.5. The number of thiophene rings is 1. The van der Waals surface area contributed by atoms with Crippen molar-refractivity contribution in [2.45, 2.75) is 25.6 Å². The number of carbonyl (C=O) groups excluding carboxylic acids is 1. The molecule has 0 saturated heterocycles. The summed E-state index contributed by atoms with van der Waals surface area (Å²) in [7, 11) is 1.70. The van der Waals surface area contributed by atoms with Gasteiger partial charge in [-0.25, -0.2) is 0 Å². The lowest BCUT2D eigenvalue weighted by Crippen LogP contribution is -2.38. The van der Waals surface area contributed by atoms with Crippen molar-refractivity contribution < 1.29 is 32.6 Å². The maximum Gasteiger partial charge on any atom is 0.426 e. The largest absolute Gasteiger partial charge is 0.488 e. The van der Waals surface area contributed by atoms with Crippen molar-refractivity contribution in [3.05, 3.63) is 69.9 Å². The zero-order valence-corrected chi connectivity index (χ0v) is 20.4. The molecule has 1 aliphatic rings. The van der Waals surface area contributed by atoms with Crippen LogP contribution in [0.3, 0.4) is 0 Å². The number of alkyl halides is 3. The lowest BCUT2D eigenvalue weighted by atomic mass is 10.1. The van der Waals surface area contributed by atoms with Crippen molar-refractivity contribution in [3.63, 3.8) is 0 Å². The van der Waals surface area contributed by atoms with E-state index >= 15 is 0 Å². The van der Waals surface area contributed by atoms with Crippen molar-refractivity contribution in [2.24, 2.45) is 0 Å². The van der Waals surface area contributed by atoms with Gasteiger partial charge in [0.25, 0.3) is 0 Å². The maximum absolute atomic E-state index is 13.6. The number of anilines is 1. The highest BCUT2D eigenvalue weighted by Gasteiger charge is 2.36. The average Bonchev–Trinajstić information content (AvgIpc) is 3.46. The van der Waals surface area contributed by atoms with Crippen molar-refractivity contribution in [2.75, 3.05) is 31.6 Å². The van der Waals surface area contributed by atoms with Gasteiger partial charge in [0.15, 0.2) is 0 Å². The fourth-order valence-corrected chi connectivity index (χ4v) is 5.08. The first-order chi connectivity index (χ1) is 17.1. The van der Waals surface area contributed by atoms with Crippen LogP contribution in [0.5, 0.6) is 5.75 Å². The third-order valence-electron chi connectivity index (χ3n) is 5.87. The van der Waals surface area contributed by atoms with Crippen LogP contribution in [0.4, 0.5) is 18.9 Å². The fraction of sp³-hybridized carbons (Fsp3) is 0.308. The molecule has 0 aliphatic carbocycles. The van der Waals surface area contributed by atoms with E-state index in [9.17, 15) is 22.8 Å². The van der Waals surface area contributed by atoms with Gasteiger partial charge in [0, 0.05) is 29.2 Å². The van der Waals surface area contributed by atoms with Crippen molar-refractivity contribution in [1.82, 2.24) is 4.90 Å². The summed E-state index contributed by atoms with van der Waals surface area (Å²) in [6.45, 7) is 0.884. The Balaban J connectivity index is 1.43. The number of hydrogen-bond donors (Lipinski definition) is 1. The molecule has 1 aliphatic heterocycles.